The van der Waals surface area contributed by atoms with Crippen LogP contribution < -0.4 is 0 Å². The lowest BCUT2D eigenvalue weighted by Gasteiger charge is -2.17. The van der Waals surface area contributed by atoms with Crippen LogP contribution >= 0.6 is 0 Å². The Labute approximate surface area is 62.6 Å². The van der Waals surface area contributed by atoms with E-state index in [0.29, 0.717) is 0 Å². The highest BCUT2D eigenvalue weighted by Crippen LogP contribution is 2.06. The Morgan fingerprint density at radius 1 is 1.40 bits per heavy atom. The smallest absolute Gasteiger partial charge is 0.306 e. The lowest BCUT2D eigenvalue weighted by atomic mass is 10.2. The number of esters is 1. The molecule has 0 rings (SSSR count). The van der Waals surface area contributed by atoms with E-state index in [0.717, 1.165) is 0 Å². The lowest BCUT2D eigenvalue weighted by Crippen LogP contribution is -2.24. The van der Waals surface area contributed by atoms with Crippen molar-refractivity contribution in [1.82, 2.24) is 0 Å². The SMILES string of the molecule is [CH]CCC(=O)OC([CH])([CH])[CH]. The van der Waals surface area contributed by atoms with Crippen LogP contribution in [-0.2, 0) is 9.53 Å². The first-order valence-electron chi connectivity index (χ1n) is 2.74. The predicted octanol–water partition coefficient (Wildman–Crippen LogP) is 0.893. The molecule has 0 saturated carbocycles. The zero-order valence-corrected chi connectivity index (χ0v) is 5.54. The Bertz CT molecular complexity index is 111. The van der Waals surface area contributed by atoms with Crippen molar-refractivity contribution in [3.05, 3.63) is 27.7 Å². The van der Waals surface area contributed by atoms with E-state index < -0.39 is 11.6 Å². The normalized spacial score (nSPS) is 11.2. The molecule has 0 N–H and O–H groups in total. The van der Waals surface area contributed by atoms with Gasteiger partial charge in [-0.3, -0.25) is 4.79 Å². The van der Waals surface area contributed by atoms with E-state index >= 15 is 0 Å². The van der Waals surface area contributed by atoms with Crippen molar-refractivity contribution >= 4 is 5.97 Å². The average Bonchev–Trinajstić information content (AvgIpc) is 1.59. The molecule has 0 saturated heterocycles. The fourth-order valence-electron chi connectivity index (χ4n) is 0.366. The number of carbonyl (C=O) groups excluding carboxylic acids is 1. The second-order valence-electron chi connectivity index (χ2n) is 1.87. The molecule has 0 amide bonds. The number of carbonyl (C=O) groups is 1. The van der Waals surface area contributed by atoms with Gasteiger partial charge in [-0.05, 0) is 13.3 Å². The topological polar surface area (TPSA) is 26.3 Å². The number of hydrogen-bond donors (Lipinski definition) is 0. The minimum absolute atomic E-state index is 0.0628. The van der Waals surface area contributed by atoms with Gasteiger partial charge < -0.3 is 4.74 Å². The first kappa shape index (κ1) is 9.47. The maximum absolute atomic E-state index is 10.5. The van der Waals surface area contributed by atoms with Crippen LogP contribution in [0.3, 0.4) is 0 Å². The molecular formula is C8H8O2. The number of ether oxygens (including phenoxy) is 1. The fraction of sp³-hybridized carbons (Fsp3) is 0.375. The quantitative estimate of drug-likeness (QED) is 0.538. The van der Waals surface area contributed by atoms with Crippen LogP contribution in [0, 0.1) is 27.7 Å². The summed E-state index contributed by atoms with van der Waals surface area (Å²) in [4.78, 5) is 10.5. The van der Waals surface area contributed by atoms with Crippen LogP contribution in [0.15, 0.2) is 0 Å². The molecule has 52 valence electrons. The molecule has 0 aromatic heterocycles. The van der Waals surface area contributed by atoms with E-state index in [4.69, 9.17) is 27.7 Å². The summed E-state index contributed by atoms with van der Waals surface area (Å²) in [6.45, 7) is 19.8. The van der Waals surface area contributed by atoms with Crippen LogP contribution in [0.2, 0.25) is 0 Å². The van der Waals surface area contributed by atoms with E-state index in [-0.39, 0.29) is 12.8 Å². The fourth-order valence-corrected chi connectivity index (χ4v) is 0.366. The van der Waals surface area contributed by atoms with Crippen LogP contribution in [0.1, 0.15) is 12.8 Å². The Hall–Kier alpha value is -0.530. The molecular weight excluding hydrogens is 128 g/mol. The third kappa shape index (κ3) is 5.60. The second kappa shape index (κ2) is 3.59. The summed E-state index contributed by atoms with van der Waals surface area (Å²) < 4.78 is 4.29. The van der Waals surface area contributed by atoms with E-state index in [9.17, 15) is 4.79 Å². The monoisotopic (exact) mass is 136 g/mol. The van der Waals surface area contributed by atoms with Crippen molar-refractivity contribution in [3.8, 4) is 0 Å². The van der Waals surface area contributed by atoms with Crippen molar-refractivity contribution in [1.29, 1.82) is 0 Å². The third-order valence-electron chi connectivity index (χ3n) is 0.639. The highest BCUT2D eigenvalue weighted by molar-refractivity contribution is 5.70. The van der Waals surface area contributed by atoms with Crippen molar-refractivity contribution in [2.45, 2.75) is 18.4 Å². The van der Waals surface area contributed by atoms with Gasteiger partial charge in [0.25, 0.3) is 0 Å². The van der Waals surface area contributed by atoms with E-state index in [1.807, 2.05) is 0 Å². The van der Waals surface area contributed by atoms with Crippen LogP contribution in [0.25, 0.3) is 0 Å². The van der Waals surface area contributed by atoms with Crippen molar-refractivity contribution in [3.63, 3.8) is 0 Å². The zero-order chi connectivity index (χ0) is 8.20. The molecule has 0 heterocycles. The molecule has 0 aliphatic carbocycles. The molecule has 8 radical (unpaired) electrons. The summed E-state index contributed by atoms with van der Waals surface area (Å²) >= 11 is 0. The third-order valence-corrected chi connectivity index (χ3v) is 0.639. The van der Waals surface area contributed by atoms with Crippen molar-refractivity contribution < 1.29 is 9.53 Å². The van der Waals surface area contributed by atoms with Gasteiger partial charge in [0.15, 0.2) is 0 Å². The van der Waals surface area contributed by atoms with Gasteiger partial charge in [-0.2, -0.15) is 0 Å². The van der Waals surface area contributed by atoms with Crippen LogP contribution in [-0.4, -0.2) is 11.6 Å². The highest BCUT2D eigenvalue weighted by Gasteiger charge is 2.16. The Morgan fingerprint density at radius 2 is 1.90 bits per heavy atom. The number of rotatable bonds is 3. The van der Waals surface area contributed by atoms with Gasteiger partial charge in [0.2, 0.25) is 0 Å². The molecule has 0 bridgehead atoms. The molecule has 0 aromatic rings. The Balaban J connectivity index is 3.58. The van der Waals surface area contributed by atoms with Gasteiger partial charge in [-0.1, -0.05) is 0 Å². The van der Waals surface area contributed by atoms with E-state index in [1.165, 1.54) is 0 Å². The molecule has 0 aromatic carbocycles. The van der Waals surface area contributed by atoms with E-state index in [1.54, 1.807) is 0 Å². The summed E-state index contributed by atoms with van der Waals surface area (Å²) in [6.07, 6.45) is 0.252. The van der Waals surface area contributed by atoms with Crippen LogP contribution in [0.4, 0.5) is 0 Å². The molecule has 0 aliphatic rings. The lowest BCUT2D eigenvalue weighted by molar-refractivity contribution is -0.149. The molecule has 0 spiro atoms. The standard InChI is InChI=1S/C8H8O2/c1-5-6-7(9)10-8(2,3)4/h1-4H,5-6H2. The maximum Gasteiger partial charge on any atom is 0.306 e. The van der Waals surface area contributed by atoms with Gasteiger partial charge in [-0.15, -0.1) is 0 Å². The molecule has 2 heteroatoms. The van der Waals surface area contributed by atoms with Gasteiger partial charge in [0.1, 0.15) is 5.60 Å². The second-order valence-corrected chi connectivity index (χ2v) is 1.87. The summed E-state index contributed by atoms with van der Waals surface area (Å²) in [5, 5.41) is 0. The van der Waals surface area contributed by atoms with Gasteiger partial charge in [0.05, 0.1) is 0 Å². The molecule has 2 nitrogen and oxygen atoms in total. The minimum Gasteiger partial charge on any atom is -0.458 e. The van der Waals surface area contributed by atoms with Crippen molar-refractivity contribution in [2.75, 3.05) is 0 Å². The Morgan fingerprint density at radius 3 is 2.20 bits per heavy atom. The minimum atomic E-state index is -1.88. The molecule has 0 fully saturated rings. The van der Waals surface area contributed by atoms with Crippen LogP contribution in [0.5, 0.6) is 0 Å². The number of hydrogen-bond acceptors (Lipinski definition) is 2. The maximum atomic E-state index is 10.5. The summed E-state index contributed by atoms with van der Waals surface area (Å²) in [6, 6.07) is 0. The first-order valence-corrected chi connectivity index (χ1v) is 2.74. The summed E-state index contributed by atoms with van der Waals surface area (Å²) in [5.41, 5.74) is -1.88. The van der Waals surface area contributed by atoms with Gasteiger partial charge in [0, 0.05) is 27.2 Å². The average molecular weight is 136 g/mol. The first-order chi connectivity index (χ1) is 4.45. The Kier molecular flexibility index (Phi) is 3.40. The zero-order valence-electron chi connectivity index (χ0n) is 5.54. The molecule has 0 unspecified atom stereocenters. The molecule has 0 atom stereocenters. The highest BCUT2D eigenvalue weighted by atomic mass is 16.6. The summed E-state index contributed by atoms with van der Waals surface area (Å²) in [7, 11) is 0. The summed E-state index contributed by atoms with van der Waals surface area (Å²) in [5.74, 6) is -0.602. The van der Waals surface area contributed by atoms with E-state index in [2.05, 4.69) is 4.74 Å². The largest absolute Gasteiger partial charge is 0.458 e. The van der Waals surface area contributed by atoms with Crippen molar-refractivity contribution in [2.24, 2.45) is 0 Å². The van der Waals surface area contributed by atoms with Gasteiger partial charge in [-0.25, -0.2) is 0 Å². The molecule has 10 heavy (non-hydrogen) atoms. The predicted molar refractivity (Wildman–Crippen MR) is 35.3 cm³/mol. The van der Waals surface area contributed by atoms with Gasteiger partial charge >= 0.3 is 5.97 Å². The molecule has 0 aliphatic heterocycles.